The normalized spacial score (nSPS) is 12.3. The van der Waals surface area contributed by atoms with Gasteiger partial charge in [-0.2, -0.15) is 0 Å². The number of para-hydroxylation sites is 2. The smallest absolute Gasteiger partial charge is 0.303 e. The number of fused-ring (bicyclic) bond motifs is 1. The number of rotatable bonds is 12. The molecule has 1 heterocycles. The van der Waals surface area contributed by atoms with Gasteiger partial charge < -0.3 is 19.7 Å². The van der Waals surface area contributed by atoms with Crippen LogP contribution in [0.4, 0.5) is 14.5 Å². The van der Waals surface area contributed by atoms with Crippen molar-refractivity contribution in [2.24, 2.45) is 5.92 Å². The lowest BCUT2D eigenvalue weighted by Gasteiger charge is -2.22. The molecule has 6 nitrogen and oxygen atoms in total. The first-order chi connectivity index (χ1) is 21.7. The minimum absolute atomic E-state index is 0.00121. The van der Waals surface area contributed by atoms with Gasteiger partial charge in [0.2, 0.25) is 5.91 Å². The summed E-state index contributed by atoms with van der Waals surface area (Å²) in [4.78, 5) is 24.0. The summed E-state index contributed by atoms with van der Waals surface area (Å²) in [5, 5.41) is 12.7. The molecule has 1 aromatic heterocycles. The van der Waals surface area contributed by atoms with Gasteiger partial charge in [0.25, 0.3) is 0 Å². The number of ether oxygens (including phenoxy) is 1. The molecular weight excluding hydrogens is 574 g/mol. The van der Waals surface area contributed by atoms with Crippen LogP contribution in [-0.4, -0.2) is 28.2 Å². The molecular formula is C37H34F2N2O4. The third-order valence-electron chi connectivity index (χ3n) is 7.55. The molecule has 0 fully saturated rings. The van der Waals surface area contributed by atoms with Crippen LogP contribution in [0.1, 0.15) is 49.4 Å². The number of hydrogen-bond acceptors (Lipinski definition) is 3. The van der Waals surface area contributed by atoms with E-state index in [4.69, 9.17) is 9.84 Å². The van der Waals surface area contributed by atoms with E-state index >= 15 is 4.39 Å². The number of carbonyl (C=O) groups excluding carboxylic acids is 1. The van der Waals surface area contributed by atoms with Crippen molar-refractivity contribution < 1.29 is 28.2 Å². The molecule has 0 spiro atoms. The summed E-state index contributed by atoms with van der Waals surface area (Å²) in [6.45, 7) is 4.23. The first-order valence-corrected chi connectivity index (χ1v) is 14.8. The van der Waals surface area contributed by atoms with E-state index in [0.29, 0.717) is 23.4 Å². The summed E-state index contributed by atoms with van der Waals surface area (Å²) in [5.41, 5.74) is 4.26. The number of anilines is 1. The number of hydrogen-bond donors (Lipinski definition) is 2. The first kappa shape index (κ1) is 31.2. The molecule has 45 heavy (non-hydrogen) atoms. The van der Waals surface area contributed by atoms with E-state index in [9.17, 15) is 14.0 Å². The zero-order valence-electron chi connectivity index (χ0n) is 25.0. The van der Waals surface area contributed by atoms with Crippen LogP contribution in [0, 0.1) is 17.6 Å². The molecule has 0 radical (unpaired) electrons. The molecule has 0 saturated heterocycles. The fourth-order valence-corrected chi connectivity index (χ4v) is 5.41. The standard InChI is InChI=1S/C37H34F2N2O4/c1-24(2)30(23-35(42)40-32-11-6-7-12-34(32)45-20-8-13-36(43)44)26-14-17-33-27(21-26)18-19-41(33)37(25-9-4-3-5-10-25)29-16-15-28(38)22-31(29)39/h3-7,9-12,14-19,21-24,37H,8,13,20H2,1-2H3,(H,40,42)(H,43,44)/b30-23-. The number of aliphatic carboxylic acids is 1. The topological polar surface area (TPSA) is 80.6 Å². The van der Waals surface area contributed by atoms with Crippen LogP contribution in [0.5, 0.6) is 5.75 Å². The molecule has 1 unspecified atom stereocenters. The van der Waals surface area contributed by atoms with Gasteiger partial charge in [-0.15, -0.1) is 0 Å². The number of aromatic nitrogens is 1. The van der Waals surface area contributed by atoms with E-state index in [1.165, 1.54) is 12.1 Å². The van der Waals surface area contributed by atoms with Gasteiger partial charge >= 0.3 is 5.97 Å². The number of carboxylic acid groups (broad SMARTS) is 1. The molecule has 1 atom stereocenters. The molecule has 0 aliphatic rings. The highest BCUT2D eigenvalue weighted by Crippen LogP contribution is 2.34. The van der Waals surface area contributed by atoms with Crippen LogP contribution < -0.4 is 10.1 Å². The van der Waals surface area contributed by atoms with E-state index in [0.717, 1.165) is 33.7 Å². The molecule has 4 aromatic carbocycles. The van der Waals surface area contributed by atoms with Crippen molar-refractivity contribution >= 4 is 34.0 Å². The van der Waals surface area contributed by atoms with Crippen LogP contribution in [-0.2, 0) is 9.59 Å². The van der Waals surface area contributed by atoms with Crippen molar-refractivity contribution in [1.29, 1.82) is 0 Å². The van der Waals surface area contributed by atoms with Crippen LogP contribution in [0.25, 0.3) is 16.5 Å². The third kappa shape index (κ3) is 7.47. The van der Waals surface area contributed by atoms with Crippen LogP contribution >= 0.6 is 0 Å². The van der Waals surface area contributed by atoms with Gasteiger partial charge in [0.05, 0.1) is 18.3 Å². The Morgan fingerprint density at radius 3 is 2.42 bits per heavy atom. The molecule has 8 heteroatoms. The Bertz CT molecular complexity index is 1850. The Hall–Kier alpha value is -5.24. The number of halogens is 2. The van der Waals surface area contributed by atoms with Crippen molar-refractivity contribution in [1.82, 2.24) is 4.57 Å². The second-order valence-electron chi connectivity index (χ2n) is 11.1. The fourth-order valence-electron chi connectivity index (χ4n) is 5.41. The number of carboxylic acids is 1. The van der Waals surface area contributed by atoms with Crippen molar-refractivity contribution in [3.63, 3.8) is 0 Å². The summed E-state index contributed by atoms with van der Waals surface area (Å²) >= 11 is 0. The predicted octanol–water partition coefficient (Wildman–Crippen LogP) is 8.48. The zero-order valence-corrected chi connectivity index (χ0v) is 25.0. The van der Waals surface area contributed by atoms with Gasteiger partial charge in [-0.3, -0.25) is 9.59 Å². The van der Waals surface area contributed by atoms with Crippen molar-refractivity contribution in [2.75, 3.05) is 11.9 Å². The average Bonchev–Trinajstić information content (AvgIpc) is 3.43. The molecule has 5 rings (SSSR count). The Morgan fingerprint density at radius 2 is 1.69 bits per heavy atom. The van der Waals surface area contributed by atoms with Crippen LogP contribution in [0.2, 0.25) is 0 Å². The summed E-state index contributed by atoms with van der Waals surface area (Å²) in [6, 6.07) is 27.5. The minimum Gasteiger partial charge on any atom is -0.491 e. The van der Waals surface area contributed by atoms with Gasteiger partial charge in [0, 0.05) is 41.2 Å². The minimum atomic E-state index is -0.890. The molecule has 0 bridgehead atoms. The second-order valence-corrected chi connectivity index (χ2v) is 11.1. The Morgan fingerprint density at radius 1 is 0.933 bits per heavy atom. The number of carbonyl (C=O) groups is 2. The lowest BCUT2D eigenvalue weighted by Crippen LogP contribution is -2.13. The van der Waals surface area contributed by atoms with Gasteiger partial charge in [0.15, 0.2) is 0 Å². The SMILES string of the molecule is CC(C)/C(=C/C(=O)Nc1ccccc1OCCCC(=O)O)c1ccc2c(ccn2C(c2ccccc2)c2ccc(F)cc2F)c1. The molecule has 0 saturated carbocycles. The molecule has 5 aromatic rings. The zero-order chi connectivity index (χ0) is 31.9. The highest BCUT2D eigenvalue weighted by molar-refractivity contribution is 6.05. The first-order valence-electron chi connectivity index (χ1n) is 14.8. The van der Waals surface area contributed by atoms with Crippen LogP contribution in [0.15, 0.2) is 109 Å². The lowest BCUT2D eigenvalue weighted by atomic mass is 9.93. The predicted molar refractivity (Wildman–Crippen MR) is 172 cm³/mol. The van der Waals surface area contributed by atoms with Crippen LogP contribution in [0.3, 0.4) is 0 Å². The molecule has 2 N–H and O–H groups in total. The van der Waals surface area contributed by atoms with Gasteiger partial charge in [-0.05, 0) is 65.4 Å². The molecule has 230 valence electrons. The molecule has 1 amide bonds. The van der Waals surface area contributed by atoms with Gasteiger partial charge in [0.1, 0.15) is 17.4 Å². The Balaban J connectivity index is 1.44. The van der Waals surface area contributed by atoms with E-state index in [2.05, 4.69) is 5.32 Å². The summed E-state index contributed by atoms with van der Waals surface area (Å²) in [5.74, 6) is -1.99. The van der Waals surface area contributed by atoms with E-state index in [-0.39, 0.29) is 24.9 Å². The maximum Gasteiger partial charge on any atom is 0.303 e. The molecule has 0 aliphatic carbocycles. The monoisotopic (exact) mass is 608 g/mol. The van der Waals surface area contributed by atoms with E-state index in [1.807, 2.05) is 79.2 Å². The quantitative estimate of drug-likeness (QED) is 0.110. The number of amides is 1. The second kappa shape index (κ2) is 14.0. The number of benzene rings is 4. The number of allylic oxidation sites excluding steroid dienone is 1. The summed E-state index contributed by atoms with van der Waals surface area (Å²) in [7, 11) is 0. The van der Waals surface area contributed by atoms with Crippen molar-refractivity contribution in [3.05, 3.63) is 138 Å². The van der Waals surface area contributed by atoms with E-state index < -0.39 is 23.6 Å². The van der Waals surface area contributed by atoms with Gasteiger partial charge in [-0.1, -0.05) is 68.4 Å². The highest BCUT2D eigenvalue weighted by Gasteiger charge is 2.22. The third-order valence-corrected chi connectivity index (χ3v) is 7.55. The maximum atomic E-state index is 15.1. The van der Waals surface area contributed by atoms with Gasteiger partial charge in [-0.25, -0.2) is 8.78 Å². The number of nitrogens with one attached hydrogen (secondary N) is 1. The highest BCUT2D eigenvalue weighted by atomic mass is 19.1. The van der Waals surface area contributed by atoms with Crippen molar-refractivity contribution in [3.8, 4) is 5.75 Å². The summed E-state index contributed by atoms with van der Waals surface area (Å²) < 4.78 is 36.6. The van der Waals surface area contributed by atoms with Crippen molar-refractivity contribution in [2.45, 2.75) is 32.7 Å². The van der Waals surface area contributed by atoms with E-state index in [1.54, 1.807) is 30.3 Å². The maximum absolute atomic E-state index is 15.1. The largest absolute Gasteiger partial charge is 0.491 e. The number of nitrogens with zero attached hydrogens (tertiary/aromatic N) is 1. The summed E-state index contributed by atoms with van der Waals surface area (Å²) in [6.07, 6.45) is 3.82. The lowest BCUT2D eigenvalue weighted by molar-refractivity contribution is -0.137. The fraction of sp³-hybridized carbons (Fsp3) is 0.189. The average molecular weight is 609 g/mol. The Labute approximate surface area is 260 Å². The Kier molecular flexibility index (Phi) is 9.73. The molecule has 0 aliphatic heterocycles.